The molecule has 1 rings (SSSR count). The summed E-state index contributed by atoms with van der Waals surface area (Å²) in [6, 6.07) is 2.59. The number of ether oxygens (including phenoxy) is 5. The van der Waals surface area contributed by atoms with Gasteiger partial charge in [0.2, 0.25) is 0 Å². The Morgan fingerprint density at radius 2 is 1.48 bits per heavy atom. The van der Waals surface area contributed by atoms with E-state index in [4.69, 9.17) is 14.2 Å². The molecule has 0 saturated carbocycles. The van der Waals surface area contributed by atoms with Crippen LogP contribution in [0.2, 0.25) is 0 Å². The zero-order valence-electron chi connectivity index (χ0n) is 15.6. The molecule has 0 aliphatic carbocycles. The van der Waals surface area contributed by atoms with Crippen molar-refractivity contribution in [3.63, 3.8) is 0 Å². The van der Waals surface area contributed by atoms with Gasteiger partial charge in [-0.25, -0.2) is 14.4 Å². The topological polar surface area (TPSA) is 130 Å². The molecular formula is C17H21NO9. The van der Waals surface area contributed by atoms with Gasteiger partial charge in [0.15, 0.2) is 17.1 Å². The average Bonchev–Trinajstić information content (AvgIpc) is 2.67. The van der Waals surface area contributed by atoms with Crippen molar-refractivity contribution in [2.75, 3.05) is 40.4 Å². The van der Waals surface area contributed by atoms with Crippen molar-refractivity contribution < 1.29 is 43.2 Å². The number of rotatable bonds is 7. The summed E-state index contributed by atoms with van der Waals surface area (Å²) in [5, 5.41) is 13.0. The second-order valence-electron chi connectivity index (χ2n) is 4.81. The Balaban J connectivity index is 3.70. The summed E-state index contributed by atoms with van der Waals surface area (Å²) < 4.78 is 24.1. The van der Waals surface area contributed by atoms with Gasteiger partial charge >= 0.3 is 18.0 Å². The van der Waals surface area contributed by atoms with E-state index in [0.717, 1.165) is 14.2 Å². The minimum Gasteiger partial charge on any atom is -0.506 e. The first-order valence-corrected chi connectivity index (χ1v) is 7.64. The number of hydrogen-bond donors (Lipinski definition) is 2. The molecule has 1 aromatic rings. The van der Waals surface area contributed by atoms with Crippen LogP contribution in [0.25, 0.3) is 5.76 Å². The van der Waals surface area contributed by atoms with Crippen molar-refractivity contribution in [2.45, 2.75) is 6.92 Å². The normalized spacial score (nSPS) is 9.67. The smallest absolute Gasteiger partial charge is 0.411 e. The molecule has 0 heterocycles. The molecule has 0 bridgehead atoms. The first kappa shape index (κ1) is 21.6. The minimum absolute atomic E-state index is 0.00564. The fraction of sp³-hybridized carbons (Fsp3) is 0.353. The number of hydrogen-bond acceptors (Lipinski definition) is 9. The Labute approximate surface area is 155 Å². The average molecular weight is 383 g/mol. The van der Waals surface area contributed by atoms with Gasteiger partial charge < -0.3 is 28.8 Å². The molecule has 2 N–H and O–H groups in total. The van der Waals surface area contributed by atoms with Crippen molar-refractivity contribution in [3.05, 3.63) is 23.3 Å². The Hall–Kier alpha value is -3.43. The highest BCUT2D eigenvalue weighted by atomic mass is 16.6. The van der Waals surface area contributed by atoms with Gasteiger partial charge in [0.05, 0.1) is 40.7 Å². The van der Waals surface area contributed by atoms with E-state index in [1.807, 2.05) is 0 Å². The van der Waals surface area contributed by atoms with Crippen LogP contribution in [0.1, 0.15) is 12.5 Å². The molecule has 0 aliphatic rings. The number of carbonyl (C=O) groups is 3. The molecule has 1 amide bonds. The fourth-order valence-electron chi connectivity index (χ4n) is 2.07. The molecule has 0 fully saturated rings. The Bertz CT molecular complexity index is 737. The summed E-state index contributed by atoms with van der Waals surface area (Å²) in [5.41, 5.74) is -0.889. The quantitative estimate of drug-likeness (QED) is 0.181. The van der Waals surface area contributed by atoms with Crippen molar-refractivity contribution in [1.29, 1.82) is 0 Å². The lowest BCUT2D eigenvalue weighted by atomic mass is 10.0. The maximum Gasteiger partial charge on any atom is 0.411 e. The van der Waals surface area contributed by atoms with E-state index in [1.165, 1.54) is 26.4 Å². The third kappa shape index (κ3) is 5.03. The van der Waals surface area contributed by atoms with E-state index in [-0.39, 0.29) is 29.4 Å². The molecule has 0 radical (unpaired) electrons. The summed E-state index contributed by atoms with van der Waals surface area (Å²) in [7, 11) is 4.79. The van der Waals surface area contributed by atoms with Crippen LogP contribution in [0, 0.1) is 0 Å². The monoisotopic (exact) mass is 383 g/mol. The van der Waals surface area contributed by atoms with Crippen LogP contribution in [0.5, 0.6) is 11.5 Å². The number of esters is 2. The zero-order valence-corrected chi connectivity index (χ0v) is 15.6. The van der Waals surface area contributed by atoms with Crippen LogP contribution in [-0.2, 0) is 23.8 Å². The molecule has 0 aliphatic heterocycles. The van der Waals surface area contributed by atoms with Crippen LogP contribution in [0.3, 0.4) is 0 Å². The van der Waals surface area contributed by atoms with Crippen LogP contribution < -0.4 is 14.8 Å². The molecule has 0 spiro atoms. The summed E-state index contributed by atoms with van der Waals surface area (Å²) in [6.07, 6.45) is -0.823. The van der Waals surface area contributed by atoms with Gasteiger partial charge in [-0.3, -0.25) is 5.32 Å². The highest BCUT2D eigenvalue weighted by Crippen LogP contribution is 2.37. The van der Waals surface area contributed by atoms with Crippen LogP contribution >= 0.6 is 0 Å². The number of nitrogens with one attached hydrogen (secondary N) is 1. The van der Waals surface area contributed by atoms with E-state index in [1.54, 1.807) is 6.92 Å². The molecule has 10 heteroatoms. The minimum atomic E-state index is -1.13. The SMILES string of the molecule is CCOC(=O)Nc1cc(OC)c(OC)cc1C(O)=C(C(=O)OC)C(=O)OC. The molecule has 148 valence electrons. The number of amides is 1. The first-order valence-electron chi connectivity index (χ1n) is 7.64. The Kier molecular flexibility index (Phi) is 7.92. The lowest BCUT2D eigenvalue weighted by Crippen LogP contribution is -2.19. The second kappa shape index (κ2) is 9.90. The third-order valence-electron chi connectivity index (χ3n) is 3.31. The Morgan fingerprint density at radius 3 is 1.93 bits per heavy atom. The van der Waals surface area contributed by atoms with Gasteiger partial charge in [-0.1, -0.05) is 0 Å². The van der Waals surface area contributed by atoms with E-state index < -0.39 is 29.4 Å². The van der Waals surface area contributed by atoms with Crippen molar-refractivity contribution in [2.24, 2.45) is 0 Å². The lowest BCUT2D eigenvalue weighted by Gasteiger charge is -2.16. The van der Waals surface area contributed by atoms with Crippen LogP contribution in [-0.4, -0.2) is 58.2 Å². The first-order chi connectivity index (χ1) is 12.8. The Morgan fingerprint density at radius 1 is 0.963 bits per heavy atom. The standard InChI is InChI=1S/C17H21NO9/c1-6-27-17(22)18-10-8-12(24-3)11(23-2)7-9(10)14(19)13(15(20)25-4)16(21)26-5/h7-8,19H,6H2,1-5H3,(H,18,22). The predicted octanol–water partition coefficient (Wildman–Crippen LogP) is 1.89. The van der Waals surface area contributed by atoms with E-state index in [9.17, 15) is 19.5 Å². The fourth-order valence-corrected chi connectivity index (χ4v) is 2.07. The number of anilines is 1. The highest BCUT2D eigenvalue weighted by molar-refractivity contribution is 6.19. The highest BCUT2D eigenvalue weighted by Gasteiger charge is 2.28. The third-order valence-corrected chi connectivity index (χ3v) is 3.31. The number of methoxy groups -OCH3 is 4. The van der Waals surface area contributed by atoms with Gasteiger partial charge in [-0.05, 0) is 13.0 Å². The molecule has 0 unspecified atom stereocenters. The number of aliphatic hydroxyl groups excluding tert-OH is 1. The summed E-state index contributed by atoms with van der Waals surface area (Å²) in [4.78, 5) is 35.7. The van der Waals surface area contributed by atoms with Crippen molar-refractivity contribution >= 4 is 29.5 Å². The largest absolute Gasteiger partial charge is 0.506 e. The summed E-state index contributed by atoms with van der Waals surface area (Å²) in [6.45, 7) is 1.71. The van der Waals surface area contributed by atoms with Crippen molar-refractivity contribution in [3.8, 4) is 11.5 Å². The second-order valence-corrected chi connectivity index (χ2v) is 4.81. The van der Waals surface area contributed by atoms with E-state index in [2.05, 4.69) is 14.8 Å². The molecule has 10 nitrogen and oxygen atoms in total. The van der Waals surface area contributed by atoms with E-state index >= 15 is 0 Å². The molecule has 1 aromatic carbocycles. The van der Waals surface area contributed by atoms with Crippen molar-refractivity contribution in [1.82, 2.24) is 0 Å². The van der Waals surface area contributed by atoms with E-state index in [0.29, 0.717) is 0 Å². The summed E-state index contributed by atoms with van der Waals surface area (Å²) >= 11 is 0. The molecule has 0 aromatic heterocycles. The van der Waals surface area contributed by atoms with Gasteiger partial charge in [-0.2, -0.15) is 0 Å². The molecule has 27 heavy (non-hydrogen) atoms. The lowest BCUT2D eigenvalue weighted by molar-refractivity contribution is -0.144. The molecular weight excluding hydrogens is 362 g/mol. The predicted molar refractivity (Wildman–Crippen MR) is 93.8 cm³/mol. The molecule has 0 atom stereocenters. The van der Waals surface area contributed by atoms with Gasteiger partial charge in [0.1, 0.15) is 5.76 Å². The zero-order chi connectivity index (χ0) is 20.6. The summed E-state index contributed by atoms with van der Waals surface area (Å²) in [5.74, 6) is -2.66. The molecule has 0 saturated heterocycles. The van der Waals surface area contributed by atoms with Gasteiger partial charge in [-0.15, -0.1) is 0 Å². The van der Waals surface area contributed by atoms with Gasteiger partial charge in [0.25, 0.3) is 0 Å². The number of carbonyl (C=O) groups excluding carboxylic acids is 3. The maximum atomic E-state index is 11.9. The number of benzene rings is 1. The van der Waals surface area contributed by atoms with Crippen LogP contribution in [0.15, 0.2) is 17.7 Å². The van der Waals surface area contributed by atoms with Gasteiger partial charge in [0, 0.05) is 11.6 Å². The number of aliphatic hydroxyl groups is 1. The maximum absolute atomic E-state index is 11.9. The van der Waals surface area contributed by atoms with Crippen LogP contribution in [0.4, 0.5) is 10.5 Å².